The third kappa shape index (κ3) is 4.86. The Kier molecular flexibility index (Phi) is 6.77. The number of pyridine rings is 1. The highest BCUT2D eigenvalue weighted by atomic mass is 16.5. The molecule has 0 bridgehead atoms. The second kappa shape index (κ2) is 9.75. The minimum absolute atomic E-state index is 0.0654. The van der Waals surface area contributed by atoms with Crippen molar-refractivity contribution in [3.63, 3.8) is 0 Å². The first kappa shape index (κ1) is 23.6. The van der Waals surface area contributed by atoms with E-state index < -0.39 is 0 Å². The van der Waals surface area contributed by atoms with Crippen molar-refractivity contribution in [1.29, 1.82) is 0 Å². The van der Waals surface area contributed by atoms with Crippen LogP contribution in [0.3, 0.4) is 0 Å². The first-order valence-electron chi connectivity index (χ1n) is 12.0. The molecule has 178 valence electrons. The maximum atomic E-state index is 13.2. The van der Waals surface area contributed by atoms with Gasteiger partial charge in [0.25, 0.3) is 5.91 Å². The van der Waals surface area contributed by atoms with E-state index in [0.29, 0.717) is 24.5 Å². The highest BCUT2D eigenvalue weighted by Gasteiger charge is 2.26. The molecule has 1 aromatic heterocycles. The largest absolute Gasteiger partial charge is 0.489 e. The molecule has 2 heterocycles. The van der Waals surface area contributed by atoms with Crippen LogP contribution in [0.2, 0.25) is 0 Å². The van der Waals surface area contributed by atoms with Crippen molar-refractivity contribution in [3.05, 3.63) is 71.9 Å². The van der Waals surface area contributed by atoms with Gasteiger partial charge in [0.05, 0.1) is 29.7 Å². The molecule has 1 amide bonds. The lowest BCUT2D eigenvalue weighted by molar-refractivity contribution is 0.102. The Morgan fingerprint density at radius 2 is 1.79 bits per heavy atom. The summed E-state index contributed by atoms with van der Waals surface area (Å²) in [5, 5.41) is 3.02. The Hall–Kier alpha value is -3.54. The van der Waals surface area contributed by atoms with Gasteiger partial charge in [-0.3, -0.25) is 4.79 Å². The molecule has 6 nitrogen and oxygen atoms in total. The summed E-state index contributed by atoms with van der Waals surface area (Å²) < 4.78 is 5.99. The van der Waals surface area contributed by atoms with Crippen LogP contribution in [-0.2, 0) is 5.41 Å². The van der Waals surface area contributed by atoms with Crippen molar-refractivity contribution in [1.82, 2.24) is 4.98 Å². The predicted molar refractivity (Wildman–Crippen MR) is 140 cm³/mol. The van der Waals surface area contributed by atoms with Gasteiger partial charge >= 0.3 is 0 Å². The van der Waals surface area contributed by atoms with Gasteiger partial charge in [0.1, 0.15) is 12.4 Å². The molecule has 0 aliphatic carbocycles. The number of aromatic nitrogens is 1. The smallest absolute Gasteiger partial charge is 0.259 e. The second-order valence-electron chi connectivity index (χ2n) is 9.48. The number of para-hydroxylation sites is 1. The van der Waals surface area contributed by atoms with Crippen LogP contribution in [0, 0.1) is 0 Å². The number of fused-ring (bicyclic) bond motifs is 1. The van der Waals surface area contributed by atoms with Gasteiger partial charge in [0.15, 0.2) is 5.75 Å². The molecule has 4 rings (SSSR count). The summed E-state index contributed by atoms with van der Waals surface area (Å²) >= 11 is 0. The zero-order valence-corrected chi connectivity index (χ0v) is 20.8. The molecule has 0 spiro atoms. The van der Waals surface area contributed by atoms with Crippen molar-refractivity contribution >= 4 is 28.8 Å². The van der Waals surface area contributed by atoms with Gasteiger partial charge in [-0.2, -0.15) is 0 Å². The minimum atomic E-state index is -0.188. The number of anilines is 4. The molecular formula is C28H34N4O2. The van der Waals surface area contributed by atoms with Crippen molar-refractivity contribution < 1.29 is 9.53 Å². The molecule has 0 atom stereocenters. The first-order chi connectivity index (χ1) is 16.3. The molecule has 0 fully saturated rings. The van der Waals surface area contributed by atoms with Gasteiger partial charge in [-0.05, 0) is 61.2 Å². The molecule has 0 saturated carbocycles. The lowest BCUT2D eigenvalue weighted by atomic mass is 9.87. The molecule has 34 heavy (non-hydrogen) atoms. The van der Waals surface area contributed by atoms with Crippen LogP contribution in [-0.4, -0.2) is 37.1 Å². The van der Waals surface area contributed by atoms with Gasteiger partial charge in [0, 0.05) is 18.8 Å². The number of hydrogen-bond donors (Lipinski definition) is 1. The number of rotatable bonds is 6. The molecule has 3 aromatic rings. The molecular weight excluding hydrogens is 424 g/mol. The minimum Gasteiger partial charge on any atom is -0.489 e. The van der Waals surface area contributed by atoms with Gasteiger partial charge in [0.2, 0.25) is 0 Å². The number of ether oxygens (including phenoxy) is 1. The van der Waals surface area contributed by atoms with E-state index in [-0.39, 0.29) is 11.3 Å². The number of carbonyl (C=O) groups is 1. The lowest BCUT2D eigenvalue weighted by Gasteiger charge is -2.31. The fourth-order valence-corrected chi connectivity index (χ4v) is 4.23. The Labute approximate surface area is 202 Å². The van der Waals surface area contributed by atoms with E-state index in [1.807, 2.05) is 36.5 Å². The zero-order chi connectivity index (χ0) is 24.3. The highest BCUT2D eigenvalue weighted by Crippen LogP contribution is 2.39. The van der Waals surface area contributed by atoms with E-state index in [0.717, 1.165) is 36.0 Å². The summed E-state index contributed by atoms with van der Waals surface area (Å²) in [7, 11) is 0. The van der Waals surface area contributed by atoms with Crippen LogP contribution in [0.1, 0.15) is 50.5 Å². The summed E-state index contributed by atoms with van der Waals surface area (Å²) in [6.45, 7) is 13.8. The standard InChI is InChI=1S/C28H34N4O2/c1-6-31(7-2)22-15-16-25(29-19-22)32-17-18-34-26-23(9-8-10-24(26)32)27(33)30-21-13-11-20(12-14-21)28(3,4)5/h8-16,19H,6-7,17-18H2,1-5H3,(H,30,33). The number of nitrogens with one attached hydrogen (secondary N) is 1. The van der Waals surface area contributed by atoms with Crippen LogP contribution in [0.15, 0.2) is 60.8 Å². The van der Waals surface area contributed by atoms with Crippen molar-refractivity contribution in [2.24, 2.45) is 0 Å². The molecule has 0 unspecified atom stereocenters. The summed E-state index contributed by atoms with van der Waals surface area (Å²) in [5.74, 6) is 1.25. The summed E-state index contributed by atoms with van der Waals surface area (Å²) in [6.07, 6.45) is 1.91. The van der Waals surface area contributed by atoms with E-state index in [9.17, 15) is 4.79 Å². The number of hydrogen-bond acceptors (Lipinski definition) is 5. The third-order valence-electron chi connectivity index (χ3n) is 6.24. The second-order valence-corrected chi connectivity index (χ2v) is 9.48. The summed E-state index contributed by atoms with van der Waals surface area (Å²) in [5.41, 5.74) is 4.52. The molecule has 0 radical (unpaired) electrons. The number of benzene rings is 2. The number of carbonyl (C=O) groups excluding carboxylic acids is 1. The van der Waals surface area contributed by atoms with Crippen molar-refractivity contribution in [2.45, 2.75) is 40.0 Å². The zero-order valence-electron chi connectivity index (χ0n) is 20.8. The quantitative estimate of drug-likeness (QED) is 0.490. The van der Waals surface area contributed by atoms with Gasteiger partial charge in [-0.25, -0.2) is 4.98 Å². The normalized spacial score (nSPS) is 13.1. The predicted octanol–water partition coefficient (Wildman–Crippen LogP) is 6.01. The van der Waals surface area contributed by atoms with Crippen LogP contribution < -0.4 is 19.9 Å². The topological polar surface area (TPSA) is 57.7 Å². The monoisotopic (exact) mass is 458 g/mol. The maximum absolute atomic E-state index is 13.2. The van der Waals surface area contributed by atoms with E-state index in [1.165, 1.54) is 5.56 Å². The van der Waals surface area contributed by atoms with Crippen LogP contribution >= 0.6 is 0 Å². The van der Waals surface area contributed by atoms with Crippen LogP contribution in [0.4, 0.5) is 22.9 Å². The average Bonchev–Trinajstić information content (AvgIpc) is 2.84. The molecule has 1 aliphatic rings. The molecule has 1 N–H and O–H groups in total. The fourth-order valence-electron chi connectivity index (χ4n) is 4.23. The summed E-state index contributed by atoms with van der Waals surface area (Å²) in [6, 6.07) is 17.8. The molecule has 2 aromatic carbocycles. The first-order valence-corrected chi connectivity index (χ1v) is 12.0. The van der Waals surface area contributed by atoms with Gasteiger partial charge in [-0.1, -0.05) is 39.0 Å². The SMILES string of the molecule is CCN(CC)c1ccc(N2CCOc3c(C(=O)Nc4ccc(C(C)(C)C)cc4)cccc32)nc1. The van der Waals surface area contributed by atoms with Crippen molar-refractivity contribution in [2.75, 3.05) is 41.4 Å². The number of amides is 1. The van der Waals surface area contributed by atoms with Gasteiger partial charge in [-0.15, -0.1) is 0 Å². The van der Waals surface area contributed by atoms with E-state index in [1.54, 1.807) is 6.07 Å². The summed E-state index contributed by atoms with van der Waals surface area (Å²) in [4.78, 5) is 22.3. The maximum Gasteiger partial charge on any atom is 0.259 e. The Balaban J connectivity index is 1.57. The fraction of sp³-hybridized carbons (Fsp3) is 0.357. The molecule has 6 heteroatoms. The van der Waals surface area contributed by atoms with E-state index >= 15 is 0 Å². The number of nitrogens with zero attached hydrogens (tertiary/aromatic N) is 3. The lowest BCUT2D eigenvalue weighted by Crippen LogP contribution is -2.30. The van der Waals surface area contributed by atoms with E-state index in [2.05, 4.69) is 67.9 Å². The Morgan fingerprint density at radius 3 is 2.41 bits per heavy atom. The van der Waals surface area contributed by atoms with E-state index in [4.69, 9.17) is 9.72 Å². The van der Waals surface area contributed by atoms with Crippen LogP contribution in [0.25, 0.3) is 0 Å². The van der Waals surface area contributed by atoms with Gasteiger partial charge < -0.3 is 19.9 Å². The third-order valence-corrected chi connectivity index (χ3v) is 6.24. The Morgan fingerprint density at radius 1 is 1.06 bits per heavy atom. The highest BCUT2D eigenvalue weighted by molar-refractivity contribution is 6.07. The molecule has 1 aliphatic heterocycles. The molecule has 0 saturated heterocycles. The van der Waals surface area contributed by atoms with Crippen LogP contribution in [0.5, 0.6) is 5.75 Å². The Bertz CT molecular complexity index is 1130. The average molecular weight is 459 g/mol. The van der Waals surface area contributed by atoms with Crippen molar-refractivity contribution in [3.8, 4) is 5.75 Å².